The first-order valence-corrected chi connectivity index (χ1v) is 4.71. The highest BCUT2D eigenvalue weighted by atomic mass is 16.3. The van der Waals surface area contributed by atoms with Gasteiger partial charge in [0, 0.05) is 0 Å². The van der Waals surface area contributed by atoms with E-state index >= 15 is 0 Å². The molecule has 0 aliphatic carbocycles. The van der Waals surface area contributed by atoms with Crippen LogP contribution in [0.2, 0.25) is 0 Å². The minimum Gasteiger partial charge on any atom is -0.506 e. The fraction of sp³-hybridized carbons (Fsp3) is 0.400. The average molecular weight is 212 g/mol. The summed E-state index contributed by atoms with van der Waals surface area (Å²) in [6.07, 6.45) is -1.69. The zero-order valence-corrected chi connectivity index (χ0v) is 8.30. The van der Waals surface area contributed by atoms with Gasteiger partial charge in [-0.15, -0.1) is 0 Å². The first-order valence-electron chi connectivity index (χ1n) is 4.71. The summed E-state index contributed by atoms with van der Waals surface area (Å²) < 4.78 is 0. The van der Waals surface area contributed by atoms with Gasteiger partial charge < -0.3 is 26.8 Å². The van der Waals surface area contributed by atoms with Crippen molar-refractivity contribution in [1.82, 2.24) is 0 Å². The van der Waals surface area contributed by atoms with E-state index in [1.165, 1.54) is 12.1 Å². The molecule has 5 nitrogen and oxygen atoms in total. The van der Waals surface area contributed by atoms with Crippen molar-refractivity contribution >= 4 is 5.69 Å². The molecule has 0 saturated heterocycles. The van der Waals surface area contributed by atoms with Crippen molar-refractivity contribution < 1.29 is 15.3 Å². The Labute approximate surface area is 88.0 Å². The molecule has 2 atom stereocenters. The molecule has 5 heteroatoms. The Morgan fingerprint density at radius 3 is 2.47 bits per heavy atom. The Morgan fingerprint density at radius 1 is 1.27 bits per heavy atom. The zero-order chi connectivity index (χ0) is 11.4. The van der Waals surface area contributed by atoms with Gasteiger partial charge in [0.1, 0.15) is 11.9 Å². The topological polar surface area (TPSA) is 113 Å². The van der Waals surface area contributed by atoms with E-state index in [4.69, 9.17) is 11.5 Å². The van der Waals surface area contributed by atoms with Crippen molar-refractivity contribution in [2.24, 2.45) is 5.73 Å². The number of aliphatic hydroxyl groups excluding tert-OH is 2. The Balaban J connectivity index is 2.81. The number of benzene rings is 1. The maximum Gasteiger partial charge on any atom is 0.138 e. The predicted molar refractivity (Wildman–Crippen MR) is 57.2 cm³/mol. The summed E-state index contributed by atoms with van der Waals surface area (Å²) in [7, 11) is 0. The number of nitrogens with two attached hydrogens (primary N) is 2. The van der Waals surface area contributed by atoms with Gasteiger partial charge >= 0.3 is 0 Å². The van der Waals surface area contributed by atoms with Gasteiger partial charge in [-0.25, -0.2) is 0 Å². The standard InChI is InChI=1S/C10H16N2O3/c11-4-3-8(13)10(15)6-1-2-7(12)9(14)5-6/h1-2,5,8,10,13-15H,3-4,11-12H2. The fourth-order valence-corrected chi connectivity index (χ4v) is 1.30. The molecule has 1 aromatic carbocycles. The van der Waals surface area contributed by atoms with E-state index in [-0.39, 0.29) is 11.4 Å². The lowest BCUT2D eigenvalue weighted by atomic mass is 10.0. The third kappa shape index (κ3) is 2.82. The molecule has 84 valence electrons. The molecule has 0 amide bonds. The predicted octanol–water partition coefficient (Wildman–Crippen LogP) is -0.283. The van der Waals surface area contributed by atoms with Crippen LogP contribution in [0.3, 0.4) is 0 Å². The van der Waals surface area contributed by atoms with E-state index in [2.05, 4.69) is 0 Å². The van der Waals surface area contributed by atoms with Gasteiger partial charge in [0.2, 0.25) is 0 Å². The molecular formula is C10H16N2O3. The molecule has 0 aromatic heterocycles. The van der Waals surface area contributed by atoms with Crippen LogP contribution in [0.1, 0.15) is 18.1 Å². The van der Waals surface area contributed by atoms with Crippen LogP contribution in [0.15, 0.2) is 18.2 Å². The second-order valence-electron chi connectivity index (χ2n) is 3.41. The minimum absolute atomic E-state index is 0.105. The zero-order valence-electron chi connectivity index (χ0n) is 8.30. The van der Waals surface area contributed by atoms with E-state index in [0.717, 1.165) is 0 Å². The molecular weight excluding hydrogens is 196 g/mol. The van der Waals surface area contributed by atoms with Crippen LogP contribution >= 0.6 is 0 Å². The summed E-state index contributed by atoms with van der Waals surface area (Å²) in [4.78, 5) is 0. The lowest BCUT2D eigenvalue weighted by Gasteiger charge is -2.17. The number of phenols is 1. The normalized spacial score (nSPS) is 14.9. The Hall–Kier alpha value is -1.30. The monoisotopic (exact) mass is 212 g/mol. The Kier molecular flexibility index (Phi) is 3.90. The number of nitrogen functional groups attached to an aromatic ring is 1. The number of aromatic hydroxyl groups is 1. The summed E-state index contributed by atoms with van der Waals surface area (Å²) in [5.74, 6) is -0.105. The molecule has 0 bridgehead atoms. The summed E-state index contributed by atoms with van der Waals surface area (Å²) in [6.45, 7) is 0.291. The molecule has 2 unspecified atom stereocenters. The number of anilines is 1. The first kappa shape index (κ1) is 11.8. The van der Waals surface area contributed by atoms with E-state index in [0.29, 0.717) is 18.5 Å². The van der Waals surface area contributed by atoms with Crippen molar-refractivity contribution in [2.75, 3.05) is 12.3 Å². The summed E-state index contributed by atoms with van der Waals surface area (Å²) in [6, 6.07) is 4.36. The highest BCUT2D eigenvalue weighted by Crippen LogP contribution is 2.26. The van der Waals surface area contributed by atoms with Crippen LogP contribution in [-0.2, 0) is 0 Å². The highest BCUT2D eigenvalue weighted by Gasteiger charge is 2.18. The second kappa shape index (κ2) is 4.97. The van der Waals surface area contributed by atoms with Crippen molar-refractivity contribution in [3.8, 4) is 5.75 Å². The molecule has 0 spiro atoms. The molecule has 1 aromatic rings. The van der Waals surface area contributed by atoms with Gasteiger partial charge in [0.05, 0.1) is 11.8 Å². The van der Waals surface area contributed by atoms with Gasteiger partial charge in [-0.1, -0.05) is 6.07 Å². The van der Waals surface area contributed by atoms with E-state index < -0.39 is 12.2 Å². The number of hydrogen-bond donors (Lipinski definition) is 5. The smallest absolute Gasteiger partial charge is 0.138 e. The number of rotatable bonds is 4. The van der Waals surface area contributed by atoms with Gasteiger partial charge in [0.25, 0.3) is 0 Å². The summed E-state index contributed by atoms with van der Waals surface area (Å²) >= 11 is 0. The minimum atomic E-state index is -1.06. The van der Waals surface area contributed by atoms with E-state index in [9.17, 15) is 15.3 Å². The fourth-order valence-electron chi connectivity index (χ4n) is 1.30. The third-order valence-corrected chi connectivity index (χ3v) is 2.22. The molecule has 0 aliphatic heterocycles. The molecule has 15 heavy (non-hydrogen) atoms. The van der Waals surface area contributed by atoms with Crippen molar-refractivity contribution in [1.29, 1.82) is 0 Å². The second-order valence-corrected chi connectivity index (χ2v) is 3.41. The number of aliphatic hydroxyl groups is 2. The molecule has 0 radical (unpaired) electrons. The average Bonchev–Trinajstić information content (AvgIpc) is 2.21. The van der Waals surface area contributed by atoms with Crippen molar-refractivity contribution in [2.45, 2.75) is 18.6 Å². The van der Waals surface area contributed by atoms with E-state index in [1.54, 1.807) is 6.07 Å². The number of phenolic OH excluding ortho intramolecular Hbond substituents is 1. The van der Waals surface area contributed by atoms with Gasteiger partial charge in [0.15, 0.2) is 0 Å². The van der Waals surface area contributed by atoms with Crippen LogP contribution < -0.4 is 11.5 Å². The van der Waals surface area contributed by atoms with Crippen molar-refractivity contribution in [3.05, 3.63) is 23.8 Å². The van der Waals surface area contributed by atoms with Crippen molar-refractivity contribution in [3.63, 3.8) is 0 Å². The largest absolute Gasteiger partial charge is 0.506 e. The first-order chi connectivity index (χ1) is 7.06. The molecule has 1 rings (SSSR count). The maximum atomic E-state index is 9.68. The molecule has 0 saturated carbocycles. The molecule has 7 N–H and O–H groups in total. The quantitative estimate of drug-likeness (QED) is 0.348. The van der Waals surface area contributed by atoms with Crippen LogP contribution in [0, 0.1) is 0 Å². The summed E-state index contributed by atoms with van der Waals surface area (Å²) in [5.41, 5.74) is 11.3. The Morgan fingerprint density at radius 2 is 1.93 bits per heavy atom. The van der Waals surface area contributed by atoms with Crippen LogP contribution in [0.5, 0.6) is 5.75 Å². The van der Waals surface area contributed by atoms with Gasteiger partial charge in [-0.3, -0.25) is 0 Å². The highest BCUT2D eigenvalue weighted by molar-refractivity contribution is 5.53. The molecule has 0 aliphatic rings. The third-order valence-electron chi connectivity index (χ3n) is 2.22. The van der Waals surface area contributed by atoms with E-state index in [1.807, 2.05) is 0 Å². The number of hydrogen-bond acceptors (Lipinski definition) is 5. The van der Waals surface area contributed by atoms with Crippen LogP contribution in [-0.4, -0.2) is 28.0 Å². The lowest BCUT2D eigenvalue weighted by Crippen LogP contribution is -2.21. The van der Waals surface area contributed by atoms with Crippen LogP contribution in [0.25, 0.3) is 0 Å². The van der Waals surface area contributed by atoms with Gasteiger partial charge in [-0.2, -0.15) is 0 Å². The Bertz CT molecular complexity index is 330. The SMILES string of the molecule is NCCC(O)C(O)c1ccc(N)c(O)c1. The maximum absolute atomic E-state index is 9.68. The van der Waals surface area contributed by atoms with Crippen LogP contribution in [0.4, 0.5) is 5.69 Å². The summed E-state index contributed by atoms with van der Waals surface area (Å²) in [5, 5.41) is 28.5. The lowest BCUT2D eigenvalue weighted by molar-refractivity contribution is 0.0149. The molecule has 0 heterocycles. The van der Waals surface area contributed by atoms with Gasteiger partial charge in [-0.05, 0) is 30.7 Å². The molecule has 0 fully saturated rings.